The molecule has 0 radical (unpaired) electrons. The molecule has 0 aliphatic carbocycles. The van der Waals surface area contributed by atoms with E-state index in [1.54, 1.807) is 42.5 Å². The second kappa shape index (κ2) is 7.93. The van der Waals surface area contributed by atoms with E-state index in [-0.39, 0.29) is 17.6 Å². The molecule has 2 N–H and O–H groups in total. The molecule has 2 amide bonds. The van der Waals surface area contributed by atoms with Gasteiger partial charge in [0.2, 0.25) is 0 Å². The molecule has 4 nitrogen and oxygen atoms in total. The van der Waals surface area contributed by atoms with Crippen molar-refractivity contribution in [3.05, 3.63) is 94.2 Å². The first-order valence-electron chi connectivity index (χ1n) is 7.75. The summed E-state index contributed by atoms with van der Waals surface area (Å²) in [6, 6.07) is 19.1. The van der Waals surface area contributed by atoms with Gasteiger partial charge in [0, 0.05) is 27.0 Å². The first kappa shape index (κ1) is 17.8. The number of hydrogen-bond donors (Lipinski definition) is 2. The molecule has 26 heavy (non-hydrogen) atoms. The molecule has 3 aromatic rings. The van der Waals surface area contributed by atoms with Crippen LogP contribution in [0.2, 0.25) is 0 Å². The van der Waals surface area contributed by atoms with Crippen LogP contribution in [0.15, 0.2) is 77.3 Å². The highest BCUT2D eigenvalue weighted by Crippen LogP contribution is 2.17. The lowest BCUT2D eigenvalue weighted by Gasteiger charge is -2.09. The van der Waals surface area contributed by atoms with Gasteiger partial charge in [0.05, 0.1) is 0 Å². The molecule has 130 valence electrons. The zero-order chi connectivity index (χ0) is 18.5. The second-order valence-corrected chi connectivity index (χ2v) is 6.42. The highest BCUT2D eigenvalue weighted by atomic mass is 79.9. The Morgan fingerprint density at radius 1 is 0.731 bits per heavy atom. The van der Waals surface area contributed by atoms with Crippen molar-refractivity contribution in [2.45, 2.75) is 0 Å². The summed E-state index contributed by atoms with van der Waals surface area (Å²) in [5.41, 5.74) is 1.86. The summed E-state index contributed by atoms with van der Waals surface area (Å²) >= 11 is 3.33. The SMILES string of the molecule is O=C(Nc1cccc(C(=O)Nc2ccc(F)cc2)c1)c1cccc(Br)c1. The van der Waals surface area contributed by atoms with Crippen LogP contribution in [0.3, 0.4) is 0 Å². The number of halogens is 2. The summed E-state index contributed by atoms with van der Waals surface area (Å²) in [6.45, 7) is 0. The molecule has 3 aromatic carbocycles. The Morgan fingerprint density at radius 3 is 1.96 bits per heavy atom. The van der Waals surface area contributed by atoms with E-state index in [1.807, 2.05) is 6.07 Å². The van der Waals surface area contributed by atoms with Crippen molar-refractivity contribution in [3.63, 3.8) is 0 Å². The van der Waals surface area contributed by atoms with Gasteiger partial charge in [-0.05, 0) is 60.7 Å². The molecule has 0 aliphatic rings. The molecule has 0 atom stereocenters. The van der Waals surface area contributed by atoms with Crippen LogP contribution in [-0.4, -0.2) is 11.8 Å². The molecule has 0 bridgehead atoms. The first-order chi connectivity index (χ1) is 12.5. The highest BCUT2D eigenvalue weighted by Gasteiger charge is 2.10. The highest BCUT2D eigenvalue weighted by molar-refractivity contribution is 9.10. The van der Waals surface area contributed by atoms with E-state index in [4.69, 9.17) is 0 Å². The minimum atomic E-state index is -0.375. The number of benzene rings is 3. The Kier molecular flexibility index (Phi) is 5.43. The Balaban J connectivity index is 1.72. The van der Waals surface area contributed by atoms with Crippen molar-refractivity contribution in [1.29, 1.82) is 0 Å². The van der Waals surface area contributed by atoms with Gasteiger partial charge in [-0.15, -0.1) is 0 Å². The summed E-state index contributed by atoms with van der Waals surface area (Å²) in [6.07, 6.45) is 0. The van der Waals surface area contributed by atoms with Gasteiger partial charge in [-0.2, -0.15) is 0 Å². The smallest absolute Gasteiger partial charge is 0.255 e. The lowest BCUT2D eigenvalue weighted by molar-refractivity contribution is 0.101. The molecule has 0 heterocycles. The second-order valence-electron chi connectivity index (χ2n) is 5.51. The van der Waals surface area contributed by atoms with Crippen molar-refractivity contribution < 1.29 is 14.0 Å². The van der Waals surface area contributed by atoms with E-state index in [1.165, 1.54) is 24.3 Å². The van der Waals surface area contributed by atoms with Gasteiger partial charge in [0.15, 0.2) is 0 Å². The maximum absolute atomic E-state index is 12.9. The summed E-state index contributed by atoms with van der Waals surface area (Å²) in [4.78, 5) is 24.6. The van der Waals surface area contributed by atoms with Gasteiger partial charge in [-0.3, -0.25) is 9.59 Å². The Bertz CT molecular complexity index is 958. The minimum Gasteiger partial charge on any atom is -0.322 e. The topological polar surface area (TPSA) is 58.2 Å². The predicted octanol–water partition coefficient (Wildman–Crippen LogP) is 5.09. The monoisotopic (exact) mass is 412 g/mol. The van der Waals surface area contributed by atoms with Crippen LogP contribution >= 0.6 is 15.9 Å². The van der Waals surface area contributed by atoms with Crippen LogP contribution < -0.4 is 10.6 Å². The molecule has 0 saturated carbocycles. The number of amides is 2. The Hall–Kier alpha value is -2.99. The fraction of sp³-hybridized carbons (Fsp3) is 0. The van der Waals surface area contributed by atoms with Gasteiger partial charge in [-0.1, -0.05) is 28.1 Å². The van der Waals surface area contributed by atoms with Gasteiger partial charge in [-0.25, -0.2) is 4.39 Å². The minimum absolute atomic E-state index is 0.276. The molecular weight excluding hydrogens is 399 g/mol. The van der Waals surface area contributed by atoms with Crippen molar-refractivity contribution >= 4 is 39.1 Å². The van der Waals surface area contributed by atoms with Gasteiger partial charge >= 0.3 is 0 Å². The van der Waals surface area contributed by atoms with E-state index in [2.05, 4.69) is 26.6 Å². The van der Waals surface area contributed by atoms with Gasteiger partial charge in [0.1, 0.15) is 5.82 Å². The molecule has 3 rings (SSSR count). The van der Waals surface area contributed by atoms with Crippen LogP contribution in [-0.2, 0) is 0 Å². The van der Waals surface area contributed by atoms with Crippen molar-refractivity contribution in [3.8, 4) is 0 Å². The van der Waals surface area contributed by atoms with Crippen molar-refractivity contribution in [2.24, 2.45) is 0 Å². The third-order valence-electron chi connectivity index (χ3n) is 3.57. The molecule has 0 unspecified atom stereocenters. The van der Waals surface area contributed by atoms with E-state index in [0.717, 1.165) is 4.47 Å². The normalized spacial score (nSPS) is 10.2. The zero-order valence-electron chi connectivity index (χ0n) is 13.5. The van der Waals surface area contributed by atoms with Crippen molar-refractivity contribution in [2.75, 3.05) is 10.6 Å². The molecule has 0 spiro atoms. The Labute approximate surface area is 158 Å². The fourth-order valence-electron chi connectivity index (χ4n) is 2.31. The number of carbonyl (C=O) groups excluding carboxylic acids is 2. The zero-order valence-corrected chi connectivity index (χ0v) is 15.1. The van der Waals surface area contributed by atoms with E-state index < -0.39 is 0 Å². The van der Waals surface area contributed by atoms with Crippen LogP contribution in [0.25, 0.3) is 0 Å². The number of anilines is 2. The maximum Gasteiger partial charge on any atom is 0.255 e. The standard InChI is InChI=1S/C20H14BrFN2O2/c21-15-5-1-3-13(11-15)19(25)24-18-6-2-4-14(12-18)20(26)23-17-9-7-16(22)8-10-17/h1-12H,(H,23,26)(H,24,25). The van der Waals surface area contributed by atoms with Gasteiger partial charge < -0.3 is 10.6 Å². The third-order valence-corrected chi connectivity index (χ3v) is 4.06. The lowest BCUT2D eigenvalue weighted by Crippen LogP contribution is -2.14. The third kappa shape index (κ3) is 4.55. The molecule has 6 heteroatoms. The Morgan fingerprint density at radius 2 is 1.31 bits per heavy atom. The van der Waals surface area contributed by atoms with E-state index >= 15 is 0 Å². The quantitative estimate of drug-likeness (QED) is 0.626. The molecule has 0 aromatic heterocycles. The molecule has 0 saturated heterocycles. The van der Waals surface area contributed by atoms with Crippen LogP contribution in [0.1, 0.15) is 20.7 Å². The first-order valence-corrected chi connectivity index (χ1v) is 8.54. The average molecular weight is 413 g/mol. The molecule has 0 aliphatic heterocycles. The molecular formula is C20H14BrFN2O2. The summed E-state index contributed by atoms with van der Waals surface area (Å²) in [5.74, 6) is -1.00. The summed E-state index contributed by atoms with van der Waals surface area (Å²) in [5, 5.41) is 5.44. The fourth-order valence-corrected chi connectivity index (χ4v) is 2.71. The van der Waals surface area contributed by atoms with Crippen molar-refractivity contribution in [1.82, 2.24) is 0 Å². The van der Waals surface area contributed by atoms with E-state index in [9.17, 15) is 14.0 Å². The number of hydrogen-bond acceptors (Lipinski definition) is 2. The average Bonchev–Trinajstić information content (AvgIpc) is 2.64. The summed E-state index contributed by atoms with van der Waals surface area (Å²) in [7, 11) is 0. The number of carbonyl (C=O) groups is 2. The summed E-state index contributed by atoms with van der Waals surface area (Å²) < 4.78 is 13.7. The number of nitrogens with one attached hydrogen (secondary N) is 2. The maximum atomic E-state index is 12.9. The van der Waals surface area contributed by atoms with Gasteiger partial charge in [0.25, 0.3) is 11.8 Å². The van der Waals surface area contributed by atoms with Crippen LogP contribution in [0, 0.1) is 5.82 Å². The largest absolute Gasteiger partial charge is 0.322 e. The van der Waals surface area contributed by atoms with Crippen LogP contribution in [0.5, 0.6) is 0 Å². The number of rotatable bonds is 4. The molecule has 0 fully saturated rings. The van der Waals surface area contributed by atoms with Crippen LogP contribution in [0.4, 0.5) is 15.8 Å². The predicted molar refractivity (Wildman–Crippen MR) is 103 cm³/mol. The van der Waals surface area contributed by atoms with E-state index in [0.29, 0.717) is 22.5 Å². The lowest BCUT2D eigenvalue weighted by atomic mass is 10.1.